The molecule has 2 N–H and O–H groups in total. The molecule has 0 spiro atoms. The molecule has 0 amide bonds. The molecule has 0 bridgehead atoms. The van der Waals surface area contributed by atoms with Crippen molar-refractivity contribution in [3.63, 3.8) is 0 Å². The van der Waals surface area contributed by atoms with E-state index >= 15 is 0 Å². The van der Waals surface area contributed by atoms with E-state index in [1.165, 1.54) is 0 Å². The van der Waals surface area contributed by atoms with Gasteiger partial charge in [0.2, 0.25) is 0 Å². The summed E-state index contributed by atoms with van der Waals surface area (Å²) in [6.45, 7) is 2.02. The van der Waals surface area contributed by atoms with E-state index in [0.717, 1.165) is 16.3 Å². The lowest BCUT2D eigenvalue weighted by molar-refractivity contribution is 0.913. The molecule has 0 radical (unpaired) electrons. The molecule has 4 aromatic rings. The lowest BCUT2D eigenvalue weighted by atomic mass is 10.1. The number of hydrogen-bond donors (Lipinski definition) is 1. The number of pyridine rings is 2. The number of fused-ring (bicyclic) bond motifs is 1. The predicted octanol–water partition coefficient (Wildman–Crippen LogP) is 3.73. The van der Waals surface area contributed by atoms with Crippen LogP contribution in [0.3, 0.4) is 0 Å². The Kier molecular flexibility index (Phi) is 3.85. The number of nitrogens with two attached hydrogens (primary N) is 1. The minimum absolute atomic E-state index is 0.343. The standard InChI is InChI=1S/C18H16N8/c1-11-3-4-12-8-21-17(19)16(14(12)7-11)24-23-13-5-6-15(20-9-13)18-25-22-10-26(18)2/h3-10H,1-2H3,(H2,19,21). The Balaban J connectivity index is 1.68. The lowest BCUT2D eigenvalue weighted by Gasteiger charge is -2.05. The van der Waals surface area contributed by atoms with Crippen LogP contribution in [0.1, 0.15) is 5.56 Å². The second kappa shape index (κ2) is 6.32. The van der Waals surface area contributed by atoms with Gasteiger partial charge in [-0.25, -0.2) is 4.98 Å². The largest absolute Gasteiger partial charge is 0.382 e. The SMILES string of the molecule is Cc1ccc2cnc(N)c(N=Nc3ccc(-c4nncn4C)nc3)c2c1. The Morgan fingerprint density at radius 1 is 1.04 bits per heavy atom. The van der Waals surface area contributed by atoms with Crippen molar-refractivity contribution in [2.75, 3.05) is 5.73 Å². The van der Waals surface area contributed by atoms with Gasteiger partial charge in [-0.1, -0.05) is 17.7 Å². The molecule has 0 aliphatic carbocycles. The first-order chi connectivity index (χ1) is 12.6. The molecule has 0 atom stereocenters. The van der Waals surface area contributed by atoms with Crippen molar-refractivity contribution in [2.45, 2.75) is 6.92 Å². The molecule has 3 heterocycles. The van der Waals surface area contributed by atoms with Gasteiger partial charge in [-0.05, 0) is 25.1 Å². The molecule has 8 nitrogen and oxygen atoms in total. The van der Waals surface area contributed by atoms with Gasteiger partial charge in [0.05, 0.1) is 6.20 Å². The zero-order chi connectivity index (χ0) is 18.1. The minimum atomic E-state index is 0.343. The van der Waals surface area contributed by atoms with Gasteiger partial charge in [0.15, 0.2) is 11.6 Å². The summed E-state index contributed by atoms with van der Waals surface area (Å²) >= 11 is 0. The summed E-state index contributed by atoms with van der Waals surface area (Å²) in [5, 5.41) is 18.4. The first-order valence-electron chi connectivity index (χ1n) is 7.99. The molecule has 0 saturated heterocycles. The Morgan fingerprint density at radius 3 is 2.65 bits per heavy atom. The third-order valence-electron chi connectivity index (χ3n) is 4.00. The van der Waals surface area contributed by atoms with Crippen LogP contribution in [0, 0.1) is 6.92 Å². The normalized spacial score (nSPS) is 11.5. The first-order valence-corrected chi connectivity index (χ1v) is 7.99. The number of anilines is 1. The number of hydrogen-bond acceptors (Lipinski definition) is 7. The molecule has 0 fully saturated rings. The highest BCUT2D eigenvalue weighted by Crippen LogP contribution is 2.32. The summed E-state index contributed by atoms with van der Waals surface area (Å²) in [5.41, 5.74) is 9.01. The molecule has 1 aromatic carbocycles. The van der Waals surface area contributed by atoms with Crippen LogP contribution in [-0.2, 0) is 7.05 Å². The fourth-order valence-electron chi connectivity index (χ4n) is 2.63. The van der Waals surface area contributed by atoms with Crippen LogP contribution in [0.5, 0.6) is 0 Å². The highest BCUT2D eigenvalue weighted by molar-refractivity contribution is 5.96. The van der Waals surface area contributed by atoms with Crippen LogP contribution in [-0.4, -0.2) is 24.7 Å². The van der Waals surface area contributed by atoms with Gasteiger partial charge in [0, 0.05) is 24.0 Å². The predicted molar refractivity (Wildman–Crippen MR) is 99.3 cm³/mol. The van der Waals surface area contributed by atoms with Crippen molar-refractivity contribution in [1.29, 1.82) is 0 Å². The summed E-state index contributed by atoms with van der Waals surface area (Å²) < 4.78 is 1.80. The molecular weight excluding hydrogens is 328 g/mol. The molecule has 128 valence electrons. The number of nitrogen functional groups attached to an aromatic ring is 1. The van der Waals surface area contributed by atoms with Crippen LogP contribution < -0.4 is 5.73 Å². The fourth-order valence-corrected chi connectivity index (χ4v) is 2.63. The van der Waals surface area contributed by atoms with Gasteiger partial charge in [-0.15, -0.1) is 20.4 Å². The second-order valence-corrected chi connectivity index (χ2v) is 5.95. The highest BCUT2D eigenvalue weighted by atomic mass is 15.3. The summed E-state index contributed by atoms with van der Waals surface area (Å²) in [6, 6.07) is 9.69. The fraction of sp³-hybridized carbons (Fsp3) is 0.111. The van der Waals surface area contributed by atoms with Crippen molar-refractivity contribution in [1.82, 2.24) is 24.7 Å². The average molecular weight is 344 g/mol. The summed E-state index contributed by atoms with van der Waals surface area (Å²) in [4.78, 5) is 8.57. The van der Waals surface area contributed by atoms with E-state index < -0.39 is 0 Å². The minimum Gasteiger partial charge on any atom is -0.382 e. The van der Waals surface area contributed by atoms with Gasteiger partial charge in [0.25, 0.3) is 0 Å². The quantitative estimate of drug-likeness (QED) is 0.570. The van der Waals surface area contributed by atoms with Crippen LogP contribution in [0.2, 0.25) is 0 Å². The van der Waals surface area contributed by atoms with Gasteiger partial charge in [0.1, 0.15) is 23.4 Å². The first kappa shape index (κ1) is 15.8. The Hall–Kier alpha value is -3.68. The number of aromatic nitrogens is 5. The van der Waals surface area contributed by atoms with Gasteiger partial charge >= 0.3 is 0 Å². The third kappa shape index (κ3) is 2.88. The molecule has 0 unspecified atom stereocenters. The van der Waals surface area contributed by atoms with Crippen molar-refractivity contribution in [2.24, 2.45) is 17.3 Å². The third-order valence-corrected chi connectivity index (χ3v) is 4.00. The molecular formula is C18H16N8. The maximum atomic E-state index is 6.01. The topological polar surface area (TPSA) is 107 Å². The zero-order valence-electron chi connectivity index (χ0n) is 14.3. The molecule has 4 rings (SSSR count). The summed E-state index contributed by atoms with van der Waals surface area (Å²) in [5.74, 6) is 1.03. The highest BCUT2D eigenvalue weighted by Gasteiger charge is 2.08. The summed E-state index contributed by atoms with van der Waals surface area (Å²) in [6.07, 6.45) is 5.00. The smallest absolute Gasteiger partial charge is 0.182 e. The second-order valence-electron chi connectivity index (χ2n) is 5.95. The number of aryl methyl sites for hydroxylation is 2. The van der Waals surface area contributed by atoms with Gasteiger partial charge in [-0.3, -0.25) is 4.98 Å². The molecule has 0 aliphatic rings. The van der Waals surface area contributed by atoms with Crippen LogP contribution in [0.25, 0.3) is 22.3 Å². The van der Waals surface area contributed by atoms with Crippen molar-refractivity contribution < 1.29 is 0 Å². The molecule has 3 aromatic heterocycles. The Bertz CT molecular complexity index is 1110. The number of azo groups is 1. The number of benzene rings is 1. The van der Waals surface area contributed by atoms with Crippen LogP contribution in [0.15, 0.2) is 59.3 Å². The van der Waals surface area contributed by atoms with Crippen molar-refractivity contribution >= 4 is 28.0 Å². The van der Waals surface area contributed by atoms with E-state index in [2.05, 4.69) is 30.4 Å². The van der Waals surface area contributed by atoms with E-state index in [0.29, 0.717) is 28.7 Å². The van der Waals surface area contributed by atoms with Gasteiger partial charge < -0.3 is 10.3 Å². The monoisotopic (exact) mass is 344 g/mol. The van der Waals surface area contributed by atoms with Crippen molar-refractivity contribution in [3.8, 4) is 11.5 Å². The number of rotatable bonds is 3. The average Bonchev–Trinajstić information content (AvgIpc) is 3.07. The lowest BCUT2D eigenvalue weighted by Crippen LogP contribution is -1.93. The van der Waals surface area contributed by atoms with E-state index in [1.54, 1.807) is 23.3 Å². The Morgan fingerprint density at radius 2 is 1.92 bits per heavy atom. The maximum Gasteiger partial charge on any atom is 0.182 e. The number of nitrogens with zero attached hydrogens (tertiary/aromatic N) is 7. The molecule has 0 aliphatic heterocycles. The molecule has 0 saturated carbocycles. The van der Waals surface area contributed by atoms with E-state index in [-0.39, 0.29) is 0 Å². The Labute approximate surface area is 149 Å². The molecule has 8 heteroatoms. The van der Waals surface area contributed by atoms with E-state index in [1.807, 2.05) is 44.3 Å². The molecule has 26 heavy (non-hydrogen) atoms. The van der Waals surface area contributed by atoms with Gasteiger partial charge in [-0.2, -0.15) is 0 Å². The van der Waals surface area contributed by atoms with E-state index in [4.69, 9.17) is 5.73 Å². The van der Waals surface area contributed by atoms with Crippen LogP contribution >= 0.6 is 0 Å². The van der Waals surface area contributed by atoms with Crippen molar-refractivity contribution in [3.05, 3.63) is 54.6 Å². The zero-order valence-corrected chi connectivity index (χ0v) is 14.3. The maximum absolute atomic E-state index is 6.01. The van der Waals surface area contributed by atoms with E-state index in [9.17, 15) is 0 Å². The summed E-state index contributed by atoms with van der Waals surface area (Å²) in [7, 11) is 1.86. The van der Waals surface area contributed by atoms with Crippen LogP contribution in [0.4, 0.5) is 17.2 Å².